The summed E-state index contributed by atoms with van der Waals surface area (Å²) in [4.78, 5) is 28.0. The van der Waals surface area contributed by atoms with Crippen LogP contribution in [-0.4, -0.2) is 35.6 Å². The van der Waals surface area contributed by atoms with Crippen LogP contribution in [0.4, 0.5) is 0 Å². The lowest BCUT2D eigenvalue weighted by Gasteiger charge is -2.30. The first-order valence-electron chi connectivity index (χ1n) is 8.98. The largest absolute Gasteiger partial charge is 0.357 e. The molecule has 27 heavy (non-hydrogen) atoms. The molecule has 1 N–H and O–H groups in total. The lowest BCUT2D eigenvalue weighted by molar-refractivity contribution is -0.140. The van der Waals surface area contributed by atoms with Crippen molar-refractivity contribution in [1.82, 2.24) is 10.2 Å². The maximum Gasteiger partial charge on any atom is 0.242 e. The second kappa shape index (κ2) is 11.0. The number of halogens is 1. The van der Waals surface area contributed by atoms with Crippen LogP contribution in [0.3, 0.4) is 0 Å². The molecule has 2 amide bonds. The molecular formula is C21H25ClN2O2S. The SMILES string of the molecule is CCC(C(=O)NC)N(Cc1ccc(Cl)cc1)C(=O)CCSc1ccccc1. The molecule has 6 heteroatoms. The third kappa shape index (κ3) is 6.60. The van der Waals surface area contributed by atoms with Crippen molar-refractivity contribution in [3.63, 3.8) is 0 Å². The summed E-state index contributed by atoms with van der Waals surface area (Å²) in [7, 11) is 1.60. The summed E-state index contributed by atoms with van der Waals surface area (Å²) in [5.41, 5.74) is 0.950. The quantitative estimate of drug-likeness (QED) is 0.631. The van der Waals surface area contributed by atoms with E-state index in [-0.39, 0.29) is 11.8 Å². The molecule has 0 aliphatic rings. The number of nitrogens with zero attached hydrogens (tertiary/aromatic N) is 1. The van der Waals surface area contributed by atoms with Crippen LogP contribution in [-0.2, 0) is 16.1 Å². The van der Waals surface area contributed by atoms with Gasteiger partial charge in [0.15, 0.2) is 0 Å². The summed E-state index contributed by atoms with van der Waals surface area (Å²) in [6.07, 6.45) is 0.936. The molecular weight excluding hydrogens is 380 g/mol. The van der Waals surface area contributed by atoms with E-state index in [1.54, 1.807) is 35.8 Å². The first-order chi connectivity index (χ1) is 13.0. The van der Waals surface area contributed by atoms with E-state index in [0.29, 0.717) is 30.2 Å². The van der Waals surface area contributed by atoms with Crippen LogP contribution in [0.25, 0.3) is 0 Å². The second-order valence-corrected chi connectivity index (χ2v) is 7.70. The van der Waals surface area contributed by atoms with Crippen LogP contribution in [0, 0.1) is 0 Å². The number of hydrogen-bond donors (Lipinski definition) is 1. The zero-order chi connectivity index (χ0) is 19.6. The monoisotopic (exact) mass is 404 g/mol. The molecule has 0 saturated carbocycles. The van der Waals surface area contributed by atoms with Gasteiger partial charge in [0.1, 0.15) is 6.04 Å². The molecule has 2 aromatic carbocycles. The van der Waals surface area contributed by atoms with Crippen LogP contribution in [0.5, 0.6) is 0 Å². The lowest BCUT2D eigenvalue weighted by Crippen LogP contribution is -2.48. The highest BCUT2D eigenvalue weighted by Crippen LogP contribution is 2.20. The normalized spacial score (nSPS) is 11.7. The number of nitrogens with one attached hydrogen (secondary N) is 1. The first kappa shape index (κ1) is 21.3. The number of rotatable bonds is 9. The van der Waals surface area contributed by atoms with Crippen molar-refractivity contribution in [3.05, 3.63) is 65.2 Å². The van der Waals surface area contributed by atoms with E-state index in [2.05, 4.69) is 5.32 Å². The van der Waals surface area contributed by atoms with Gasteiger partial charge in [-0.25, -0.2) is 0 Å². The average Bonchev–Trinajstić information content (AvgIpc) is 2.69. The molecule has 0 aliphatic heterocycles. The van der Waals surface area contributed by atoms with Crippen molar-refractivity contribution in [2.45, 2.75) is 37.2 Å². The Hall–Kier alpha value is -1.98. The van der Waals surface area contributed by atoms with Gasteiger partial charge in [0.05, 0.1) is 0 Å². The van der Waals surface area contributed by atoms with Crippen LogP contribution >= 0.6 is 23.4 Å². The maximum atomic E-state index is 12.9. The van der Waals surface area contributed by atoms with E-state index in [4.69, 9.17) is 11.6 Å². The second-order valence-electron chi connectivity index (χ2n) is 6.10. The number of hydrogen-bond acceptors (Lipinski definition) is 3. The highest BCUT2D eigenvalue weighted by molar-refractivity contribution is 7.99. The molecule has 4 nitrogen and oxygen atoms in total. The van der Waals surface area contributed by atoms with Crippen molar-refractivity contribution in [3.8, 4) is 0 Å². The zero-order valence-corrected chi connectivity index (χ0v) is 17.2. The van der Waals surface area contributed by atoms with Gasteiger partial charge < -0.3 is 10.2 Å². The van der Waals surface area contributed by atoms with Gasteiger partial charge in [0.25, 0.3) is 0 Å². The first-order valence-corrected chi connectivity index (χ1v) is 10.3. The van der Waals surface area contributed by atoms with Gasteiger partial charge in [0, 0.05) is 35.7 Å². The van der Waals surface area contributed by atoms with E-state index in [1.807, 2.05) is 49.4 Å². The Morgan fingerprint density at radius 3 is 2.37 bits per heavy atom. The fourth-order valence-corrected chi connectivity index (χ4v) is 3.78. The van der Waals surface area contributed by atoms with Crippen LogP contribution in [0.1, 0.15) is 25.3 Å². The number of amides is 2. The Labute approximate surface area is 170 Å². The van der Waals surface area contributed by atoms with E-state index >= 15 is 0 Å². The average molecular weight is 405 g/mol. The predicted molar refractivity (Wildman–Crippen MR) is 112 cm³/mol. The van der Waals surface area contributed by atoms with Gasteiger partial charge in [-0.15, -0.1) is 11.8 Å². The summed E-state index contributed by atoms with van der Waals surface area (Å²) >= 11 is 7.60. The minimum Gasteiger partial charge on any atom is -0.357 e. The van der Waals surface area contributed by atoms with Gasteiger partial charge >= 0.3 is 0 Å². The van der Waals surface area contributed by atoms with E-state index in [0.717, 1.165) is 10.5 Å². The van der Waals surface area contributed by atoms with Gasteiger partial charge in [-0.05, 0) is 36.2 Å². The van der Waals surface area contributed by atoms with Gasteiger partial charge in [-0.1, -0.05) is 48.9 Å². The standard InChI is InChI=1S/C21H25ClN2O2S/c1-3-19(21(26)23-2)24(15-16-9-11-17(22)12-10-16)20(25)13-14-27-18-7-5-4-6-8-18/h4-12,19H,3,13-15H2,1-2H3,(H,23,26). The molecule has 2 rings (SSSR count). The molecule has 0 radical (unpaired) electrons. The summed E-state index contributed by atoms with van der Waals surface area (Å²) in [6, 6.07) is 16.9. The Morgan fingerprint density at radius 2 is 1.78 bits per heavy atom. The number of likely N-dealkylation sites (N-methyl/N-ethyl adjacent to an activating group) is 1. The topological polar surface area (TPSA) is 49.4 Å². The zero-order valence-electron chi connectivity index (χ0n) is 15.7. The summed E-state index contributed by atoms with van der Waals surface area (Å²) in [6.45, 7) is 2.30. The van der Waals surface area contributed by atoms with Crippen molar-refractivity contribution in [2.75, 3.05) is 12.8 Å². The van der Waals surface area contributed by atoms with Gasteiger partial charge in [0.2, 0.25) is 11.8 Å². The Kier molecular flexibility index (Phi) is 8.69. The molecule has 0 bridgehead atoms. The number of carbonyl (C=O) groups is 2. The number of benzene rings is 2. The Morgan fingerprint density at radius 1 is 1.11 bits per heavy atom. The van der Waals surface area contributed by atoms with Crippen LogP contribution in [0.15, 0.2) is 59.5 Å². The predicted octanol–water partition coefficient (Wildman–Crippen LogP) is 4.38. The fourth-order valence-electron chi connectivity index (χ4n) is 2.79. The molecule has 144 valence electrons. The summed E-state index contributed by atoms with van der Waals surface area (Å²) in [5.74, 6) is 0.504. The van der Waals surface area contributed by atoms with Crippen molar-refractivity contribution in [1.29, 1.82) is 0 Å². The van der Waals surface area contributed by atoms with Crippen molar-refractivity contribution >= 4 is 35.2 Å². The van der Waals surface area contributed by atoms with Crippen molar-refractivity contribution < 1.29 is 9.59 Å². The summed E-state index contributed by atoms with van der Waals surface area (Å²) in [5, 5.41) is 3.32. The van der Waals surface area contributed by atoms with Gasteiger partial charge in [-0.2, -0.15) is 0 Å². The molecule has 1 atom stereocenters. The Bertz CT molecular complexity index is 738. The molecule has 2 aromatic rings. The highest BCUT2D eigenvalue weighted by Gasteiger charge is 2.27. The highest BCUT2D eigenvalue weighted by atomic mass is 35.5. The third-order valence-corrected chi connectivity index (χ3v) is 5.49. The molecule has 0 saturated heterocycles. The van der Waals surface area contributed by atoms with Crippen LogP contribution < -0.4 is 5.32 Å². The molecule has 0 heterocycles. The third-order valence-electron chi connectivity index (χ3n) is 4.23. The minimum absolute atomic E-state index is 0.0242. The number of carbonyl (C=O) groups excluding carboxylic acids is 2. The molecule has 0 spiro atoms. The fraction of sp³-hybridized carbons (Fsp3) is 0.333. The molecule has 0 aliphatic carbocycles. The smallest absolute Gasteiger partial charge is 0.242 e. The Balaban J connectivity index is 2.08. The minimum atomic E-state index is -0.486. The lowest BCUT2D eigenvalue weighted by atomic mass is 10.1. The molecule has 0 aromatic heterocycles. The summed E-state index contributed by atoms with van der Waals surface area (Å²) < 4.78 is 0. The maximum absolute atomic E-state index is 12.9. The molecule has 0 fully saturated rings. The van der Waals surface area contributed by atoms with Crippen molar-refractivity contribution in [2.24, 2.45) is 0 Å². The van der Waals surface area contributed by atoms with E-state index in [1.165, 1.54) is 0 Å². The van der Waals surface area contributed by atoms with Crippen LogP contribution in [0.2, 0.25) is 5.02 Å². The number of thioether (sulfide) groups is 1. The van der Waals surface area contributed by atoms with E-state index < -0.39 is 6.04 Å². The van der Waals surface area contributed by atoms with Gasteiger partial charge in [-0.3, -0.25) is 9.59 Å². The molecule has 1 unspecified atom stereocenters. The van der Waals surface area contributed by atoms with E-state index in [9.17, 15) is 9.59 Å².